The van der Waals surface area contributed by atoms with Crippen LogP contribution in [0.25, 0.3) is 0 Å². The summed E-state index contributed by atoms with van der Waals surface area (Å²) in [5.41, 5.74) is 0. The van der Waals surface area contributed by atoms with Gasteiger partial charge < -0.3 is 5.32 Å². The molecule has 0 amide bonds. The number of thiophene rings is 1. The van der Waals surface area contributed by atoms with Crippen molar-refractivity contribution in [1.29, 1.82) is 0 Å². The normalized spacial score (nSPS) is 19.6. The predicted molar refractivity (Wildman–Crippen MR) is 71.3 cm³/mol. The Kier molecular flexibility index (Phi) is 4.41. The van der Waals surface area contributed by atoms with Gasteiger partial charge in [0.1, 0.15) is 0 Å². The second kappa shape index (κ2) is 5.82. The molecule has 88 valence electrons. The van der Waals surface area contributed by atoms with Crippen LogP contribution in [0.5, 0.6) is 0 Å². The van der Waals surface area contributed by atoms with Gasteiger partial charge in [0.05, 0.1) is 4.34 Å². The molecule has 16 heavy (non-hydrogen) atoms. The molecule has 2 rings (SSSR count). The van der Waals surface area contributed by atoms with Crippen LogP contribution in [-0.2, 0) is 0 Å². The molecule has 0 aromatic carbocycles. The van der Waals surface area contributed by atoms with Crippen LogP contribution in [0.1, 0.15) is 17.3 Å². The number of piperazine rings is 1. The van der Waals surface area contributed by atoms with Gasteiger partial charge in [-0.05, 0) is 18.6 Å². The van der Waals surface area contributed by atoms with Gasteiger partial charge in [-0.1, -0.05) is 17.7 Å². The largest absolute Gasteiger partial charge is 0.314 e. The van der Waals surface area contributed by atoms with Gasteiger partial charge in [0.15, 0.2) is 0 Å². The maximum absolute atomic E-state index is 6.01. The summed E-state index contributed by atoms with van der Waals surface area (Å²) >= 11 is 7.69. The molecule has 1 N–H and O–H groups in total. The molecular weight excluding hydrogens is 240 g/mol. The van der Waals surface area contributed by atoms with Gasteiger partial charge >= 0.3 is 0 Å². The molecule has 1 aliphatic rings. The van der Waals surface area contributed by atoms with E-state index in [0.29, 0.717) is 6.04 Å². The number of rotatable bonds is 4. The number of hydrogen-bond acceptors (Lipinski definition) is 3. The lowest BCUT2D eigenvalue weighted by Gasteiger charge is -2.33. The van der Waals surface area contributed by atoms with Crippen LogP contribution < -0.4 is 5.32 Å². The zero-order valence-electron chi connectivity index (χ0n) is 9.29. The first kappa shape index (κ1) is 12.1. The molecule has 0 unspecified atom stereocenters. The first-order chi connectivity index (χ1) is 7.81. The van der Waals surface area contributed by atoms with E-state index in [1.807, 2.05) is 12.1 Å². The van der Waals surface area contributed by atoms with Crippen molar-refractivity contribution in [3.8, 4) is 0 Å². The van der Waals surface area contributed by atoms with E-state index in [-0.39, 0.29) is 0 Å². The van der Waals surface area contributed by atoms with Crippen LogP contribution in [0, 0.1) is 0 Å². The molecule has 2 heterocycles. The molecule has 1 aromatic rings. The van der Waals surface area contributed by atoms with Crippen molar-refractivity contribution >= 4 is 22.9 Å². The summed E-state index contributed by atoms with van der Waals surface area (Å²) in [4.78, 5) is 3.87. The van der Waals surface area contributed by atoms with E-state index in [1.165, 1.54) is 4.88 Å². The minimum Gasteiger partial charge on any atom is -0.314 e. The quantitative estimate of drug-likeness (QED) is 0.834. The molecule has 0 radical (unpaired) electrons. The second-order valence-corrected chi connectivity index (χ2v) is 5.71. The van der Waals surface area contributed by atoms with E-state index in [2.05, 4.69) is 22.9 Å². The molecule has 0 saturated carbocycles. The van der Waals surface area contributed by atoms with Crippen molar-refractivity contribution in [2.24, 2.45) is 0 Å². The molecule has 1 aromatic heterocycles. The zero-order chi connectivity index (χ0) is 11.4. The van der Waals surface area contributed by atoms with Gasteiger partial charge in [-0.2, -0.15) is 0 Å². The monoisotopic (exact) mass is 256 g/mol. The van der Waals surface area contributed by atoms with E-state index in [4.69, 9.17) is 11.6 Å². The summed E-state index contributed by atoms with van der Waals surface area (Å²) in [6.45, 7) is 8.22. The van der Waals surface area contributed by atoms with Crippen molar-refractivity contribution in [1.82, 2.24) is 10.2 Å². The number of hydrogen-bond donors (Lipinski definition) is 1. The fourth-order valence-corrected chi connectivity index (χ4v) is 3.31. The highest BCUT2D eigenvalue weighted by Crippen LogP contribution is 2.32. The first-order valence-corrected chi connectivity index (χ1v) is 6.81. The van der Waals surface area contributed by atoms with Gasteiger partial charge in [-0.15, -0.1) is 17.9 Å². The number of halogens is 1. The van der Waals surface area contributed by atoms with Crippen LogP contribution in [-0.4, -0.2) is 31.1 Å². The van der Waals surface area contributed by atoms with Crippen molar-refractivity contribution in [3.05, 3.63) is 34.0 Å². The molecule has 0 bridgehead atoms. The molecule has 0 aliphatic carbocycles. The molecule has 2 nitrogen and oxygen atoms in total. The van der Waals surface area contributed by atoms with E-state index < -0.39 is 0 Å². The lowest BCUT2D eigenvalue weighted by Crippen LogP contribution is -2.44. The Morgan fingerprint density at radius 2 is 2.25 bits per heavy atom. The van der Waals surface area contributed by atoms with Gasteiger partial charge in [0.2, 0.25) is 0 Å². The molecule has 1 saturated heterocycles. The van der Waals surface area contributed by atoms with Crippen LogP contribution in [0.2, 0.25) is 4.34 Å². The summed E-state index contributed by atoms with van der Waals surface area (Å²) in [5, 5.41) is 3.38. The first-order valence-electron chi connectivity index (χ1n) is 5.62. The fraction of sp³-hybridized carbons (Fsp3) is 0.500. The number of nitrogens with one attached hydrogen (secondary N) is 1. The van der Waals surface area contributed by atoms with E-state index in [1.54, 1.807) is 11.3 Å². The van der Waals surface area contributed by atoms with Crippen LogP contribution >= 0.6 is 22.9 Å². The topological polar surface area (TPSA) is 15.3 Å². The van der Waals surface area contributed by atoms with Crippen molar-refractivity contribution in [3.63, 3.8) is 0 Å². The zero-order valence-corrected chi connectivity index (χ0v) is 10.9. The smallest absolute Gasteiger partial charge is 0.0931 e. The molecule has 1 atom stereocenters. The third-order valence-corrected chi connectivity index (χ3v) is 4.24. The third kappa shape index (κ3) is 2.86. The average molecular weight is 257 g/mol. The van der Waals surface area contributed by atoms with E-state index in [0.717, 1.165) is 36.9 Å². The Labute approximate surface area is 106 Å². The van der Waals surface area contributed by atoms with Crippen molar-refractivity contribution in [2.45, 2.75) is 12.5 Å². The maximum Gasteiger partial charge on any atom is 0.0931 e. The highest BCUT2D eigenvalue weighted by atomic mass is 35.5. The lowest BCUT2D eigenvalue weighted by atomic mass is 10.1. The van der Waals surface area contributed by atoms with E-state index >= 15 is 0 Å². The Morgan fingerprint density at radius 1 is 1.50 bits per heavy atom. The minimum atomic E-state index is 0.456. The fourth-order valence-electron chi connectivity index (χ4n) is 2.10. The van der Waals surface area contributed by atoms with Crippen molar-refractivity contribution < 1.29 is 0 Å². The van der Waals surface area contributed by atoms with Crippen LogP contribution in [0.3, 0.4) is 0 Å². The maximum atomic E-state index is 6.01. The van der Waals surface area contributed by atoms with Crippen molar-refractivity contribution in [2.75, 3.05) is 26.2 Å². The predicted octanol–water partition coefficient (Wildman–Crippen LogP) is 2.92. The Hall–Kier alpha value is -0.350. The van der Waals surface area contributed by atoms with Gasteiger partial charge in [0, 0.05) is 37.1 Å². The molecular formula is C12H17ClN2S. The van der Waals surface area contributed by atoms with Gasteiger partial charge in [0.25, 0.3) is 0 Å². The summed E-state index contributed by atoms with van der Waals surface area (Å²) < 4.78 is 0.874. The Morgan fingerprint density at radius 3 is 2.81 bits per heavy atom. The average Bonchev–Trinajstić information content (AvgIpc) is 2.74. The lowest BCUT2D eigenvalue weighted by molar-refractivity contribution is 0.177. The molecule has 1 fully saturated rings. The highest BCUT2D eigenvalue weighted by Gasteiger charge is 2.22. The second-order valence-electron chi connectivity index (χ2n) is 3.97. The van der Waals surface area contributed by atoms with Crippen LogP contribution in [0.15, 0.2) is 24.8 Å². The Balaban J connectivity index is 2.12. The summed E-state index contributed by atoms with van der Waals surface area (Å²) in [6.07, 6.45) is 3.00. The molecule has 4 heteroatoms. The molecule has 0 spiro atoms. The minimum absolute atomic E-state index is 0.456. The Bertz CT molecular complexity index is 345. The molecule has 1 aliphatic heterocycles. The van der Waals surface area contributed by atoms with E-state index in [9.17, 15) is 0 Å². The SMILES string of the molecule is C=CC[C@H](c1ccc(Cl)s1)N1CCNCC1. The summed E-state index contributed by atoms with van der Waals surface area (Å²) in [5.74, 6) is 0. The standard InChI is InChI=1S/C12H17ClN2S/c1-2-3-10(11-4-5-12(13)16-11)15-8-6-14-7-9-15/h2,4-5,10,14H,1,3,6-9H2/t10-/m1/s1. The summed E-state index contributed by atoms with van der Waals surface area (Å²) in [7, 11) is 0. The van der Waals surface area contributed by atoms with Gasteiger partial charge in [-0.25, -0.2) is 0 Å². The highest BCUT2D eigenvalue weighted by molar-refractivity contribution is 7.16. The van der Waals surface area contributed by atoms with Gasteiger partial charge in [-0.3, -0.25) is 4.90 Å². The summed E-state index contributed by atoms with van der Waals surface area (Å²) in [6, 6.07) is 4.58. The number of nitrogens with zero attached hydrogens (tertiary/aromatic N) is 1. The van der Waals surface area contributed by atoms with Crippen LogP contribution in [0.4, 0.5) is 0 Å². The third-order valence-electron chi connectivity index (χ3n) is 2.90.